The Morgan fingerprint density at radius 1 is 1.03 bits per heavy atom. The third-order valence-corrected chi connectivity index (χ3v) is 4.87. The molecule has 0 unspecified atom stereocenters. The minimum absolute atomic E-state index is 0.0181. The lowest BCUT2D eigenvalue weighted by molar-refractivity contribution is -0.119. The zero-order valence-electron chi connectivity index (χ0n) is 17.0. The lowest BCUT2D eigenvalue weighted by atomic mass is 10.1. The number of para-hydroxylation sites is 1. The first-order chi connectivity index (χ1) is 14.1. The molecule has 2 aromatic carbocycles. The van der Waals surface area contributed by atoms with Crippen LogP contribution in [0, 0.1) is 0 Å². The van der Waals surface area contributed by atoms with Gasteiger partial charge in [0.2, 0.25) is 5.91 Å². The highest BCUT2D eigenvalue weighted by atomic mass is 16.5. The van der Waals surface area contributed by atoms with Crippen LogP contribution in [0.5, 0.6) is 0 Å². The molecular formula is C22H28N4O3. The number of rotatable bonds is 7. The molecule has 0 bridgehead atoms. The van der Waals surface area contributed by atoms with Crippen molar-refractivity contribution < 1.29 is 14.3 Å². The van der Waals surface area contributed by atoms with Crippen molar-refractivity contribution in [3.8, 4) is 0 Å². The minimum Gasteiger partial charge on any atom is -0.375 e. The molecule has 0 aromatic heterocycles. The van der Waals surface area contributed by atoms with Crippen LogP contribution in [-0.4, -0.2) is 50.7 Å². The van der Waals surface area contributed by atoms with Crippen molar-refractivity contribution in [2.45, 2.75) is 19.4 Å². The number of nitrogens with one attached hydrogen (secondary N) is 2. The SMILES string of the molecule is COCC(=O)Nc1cccc(NC(=O)N(C)Cc2ccccc2N2CCCC2)c1. The van der Waals surface area contributed by atoms with E-state index >= 15 is 0 Å². The van der Waals surface area contributed by atoms with Gasteiger partial charge in [0.1, 0.15) is 6.61 Å². The summed E-state index contributed by atoms with van der Waals surface area (Å²) in [5.74, 6) is -0.244. The Morgan fingerprint density at radius 3 is 2.45 bits per heavy atom. The number of urea groups is 1. The molecule has 0 spiro atoms. The van der Waals surface area contributed by atoms with E-state index in [1.165, 1.54) is 25.6 Å². The van der Waals surface area contributed by atoms with E-state index in [9.17, 15) is 9.59 Å². The Bertz CT molecular complexity index is 849. The van der Waals surface area contributed by atoms with Crippen LogP contribution in [0.25, 0.3) is 0 Å². The fourth-order valence-corrected chi connectivity index (χ4v) is 3.46. The second-order valence-electron chi connectivity index (χ2n) is 7.17. The number of methoxy groups -OCH3 is 1. The normalized spacial score (nSPS) is 13.2. The van der Waals surface area contributed by atoms with Crippen LogP contribution in [0.4, 0.5) is 21.9 Å². The van der Waals surface area contributed by atoms with Crippen molar-refractivity contribution in [2.24, 2.45) is 0 Å². The number of amides is 3. The maximum atomic E-state index is 12.7. The highest BCUT2D eigenvalue weighted by molar-refractivity contribution is 5.94. The lowest BCUT2D eigenvalue weighted by Gasteiger charge is -2.24. The summed E-state index contributed by atoms with van der Waals surface area (Å²) >= 11 is 0. The molecule has 154 valence electrons. The van der Waals surface area contributed by atoms with Crippen molar-refractivity contribution in [1.29, 1.82) is 0 Å². The zero-order valence-corrected chi connectivity index (χ0v) is 17.0. The number of nitrogens with zero attached hydrogens (tertiary/aromatic N) is 2. The molecule has 1 heterocycles. The van der Waals surface area contributed by atoms with Crippen molar-refractivity contribution in [3.63, 3.8) is 0 Å². The number of hydrogen-bond donors (Lipinski definition) is 2. The van der Waals surface area contributed by atoms with E-state index in [2.05, 4.69) is 27.7 Å². The van der Waals surface area contributed by atoms with Crippen LogP contribution in [-0.2, 0) is 16.1 Å². The molecule has 0 aliphatic carbocycles. The predicted octanol–water partition coefficient (Wildman–Crippen LogP) is 3.54. The summed E-state index contributed by atoms with van der Waals surface area (Å²) in [6.45, 7) is 2.63. The lowest BCUT2D eigenvalue weighted by Crippen LogP contribution is -2.31. The van der Waals surface area contributed by atoms with Crippen molar-refractivity contribution >= 4 is 29.0 Å². The minimum atomic E-state index is -0.244. The molecule has 2 aromatic rings. The van der Waals surface area contributed by atoms with Crippen LogP contribution in [0.15, 0.2) is 48.5 Å². The number of hydrogen-bond acceptors (Lipinski definition) is 4. The highest BCUT2D eigenvalue weighted by Gasteiger charge is 2.17. The molecule has 3 rings (SSSR count). The molecule has 1 fully saturated rings. The van der Waals surface area contributed by atoms with Gasteiger partial charge >= 0.3 is 6.03 Å². The molecule has 7 heteroatoms. The number of carbonyl (C=O) groups excluding carboxylic acids is 2. The van der Waals surface area contributed by atoms with Gasteiger partial charge in [0.25, 0.3) is 0 Å². The number of ether oxygens (including phenoxy) is 1. The summed E-state index contributed by atoms with van der Waals surface area (Å²) in [7, 11) is 3.24. The van der Waals surface area contributed by atoms with Crippen LogP contribution in [0.3, 0.4) is 0 Å². The summed E-state index contributed by atoms with van der Waals surface area (Å²) < 4.78 is 4.81. The molecule has 2 N–H and O–H groups in total. The molecule has 0 atom stereocenters. The molecule has 0 radical (unpaired) electrons. The molecule has 1 aliphatic heterocycles. The third kappa shape index (κ3) is 5.71. The predicted molar refractivity (Wildman–Crippen MR) is 115 cm³/mol. The fraction of sp³-hybridized carbons (Fsp3) is 0.364. The van der Waals surface area contributed by atoms with Crippen LogP contribution < -0.4 is 15.5 Å². The summed E-state index contributed by atoms with van der Waals surface area (Å²) in [5, 5.41) is 5.62. The first-order valence-electron chi connectivity index (χ1n) is 9.80. The largest absolute Gasteiger partial charge is 0.375 e. The average Bonchev–Trinajstić information content (AvgIpc) is 3.23. The topological polar surface area (TPSA) is 73.9 Å². The Hall–Kier alpha value is -3.06. The van der Waals surface area contributed by atoms with E-state index < -0.39 is 0 Å². The average molecular weight is 396 g/mol. The Balaban J connectivity index is 1.62. The molecule has 1 saturated heterocycles. The van der Waals surface area contributed by atoms with E-state index in [0.717, 1.165) is 18.7 Å². The van der Waals surface area contributed by atoms with Crippen LogP contribution in [0.2, 0.25) is 0 Å². The molecular weight excluding hydrogens is 368 g/mol. The van der Waals surface area contributed by atoms with Crippen molar-refractivity contribution in [3.05, 3.63) is 54.1 Å². The maximum Gasteiger partial charge on any atom is 0.321 e. The van der Waals surface area contributed by atoms with Gasteiger partial charge in [-0.05, 0) is 42.7 Å². The zero-order chi connectivity index (χ0) is 20.6. The summed E-state index contributed by atoms with van der Waals surface area (Å²) in [4.78, 5) is 28.4. The maximum absolute atomic E-state index is 12.7. The Labute approximate surface area is 171 Å². The quantitative estimate of drug-likeness (QED) is 0.751. The van der Waals surface area contributed by atoms with Gasteiger partial charge in [-0.3, -0.25) is 4.79 Å². The number of anilines is 3. The first-order valence-corrected chi connectivity index (χ1v) is 9.80. The molecule has 29 heavy (non-hydrogen) atoms. The van der Waals surface area contributed by atoms with Crippen LogP contribution >= 0.6 is 0 Å². The van der Waals surface area contributed by atoms with Gasteiger partial charge in [-0.15, -0.1) is 0 Å². The van der Waals surface area contributed by atoms with E-state index in [-0.39, 0.29) is 18.5 Å². The van der Waals surface area contributed by atoms with Gasteiger partial charge in [0.05, 0.1) is 0 Å². The third-order valence-electron chi connectivity index (χ3n) is 4.87. The van der Waals surface area contributed by atoms with E-state index in [1.54, 1.807) is 36.2 Å². The van der Waals surface area contributed by atoms with Gasteiger partial charge in [0, 0.05) is 50.9 Å². The second-order valence-corrected chi connectivity index (χ2v) is 7.17. The van der Waals surface area contributed by atoms with Gasteiger partial charge in [-0.2, -0.15) is 0 Å². The first kappa shape index (κ1) is 20.7. The van der Waals surface area contributed by atoms with E-state index in [0.29, 0.717) is 17.9 Å². The summed E-state index contributed by atoms with van der Waals surface area (Å²) in [6, 6.07) is 15.1. The van der Waals surface area contributed by atoms with Gasteiger partial charge in [-0.1, -0.05) is 24.3 Å². The van der Waals surface area contributed by atoms with Gasteiger partial charge in [-0.25, -0.2) is 4.79 Å². The van der Waals surface area contributed by atoms with Crippen molar-refractivity contribution in [1.82, 2.24) is 4.90 Å². The molecule has 3 amide bonds. The Kier molecular flexibility index (Phi) is 7.08. The standard InChI is InChI=1S/C22H28N4O3/c1-25(15-17-8-3-4-11-20(17)26-12-5-6-13-26)22(28)24-19-10-7-9-18(14-19)23-21(27)16-29-2/h3-4,7-11,14H,5-6,12-13,15-16H2,1-2H3,(H,23,27)(H,24,28). The number of carbonyl (C=O) groups is 2. The van der Waals surface area contributed by atoms with Gasteiger partial charge < -0.3 is 25.2 Å². The van der Waals surface area contributed by atoms with Gasteiger partial charge in [0.15, 0.2) is 0 Å². The molecule has 1 aliphatic rings. The van der Waals surface area contributed by atoms with E-state index in [1.807, 2.05) is 12.1 Å². The fourth-order valence-electron chi connectivity index (χ4n) is 3.46. The summed E-state index contributed by atoms with van der Waals surface area (Å²) in [6.07, 6.45) is 2.42. The van der Waals surface area contributed by atoms with Crippen molar-refractivity contribution in [2.75, 3.05) is 49.4 Å². The van der Waals surface area contributed by atoms with Crippen LogP contribution in [0.1, 0.15) is 18.4 Å². The summed E-state index contributed by atoms with van der Waals surface area (Å²) in [5.41, 5.74) is 3.55. The second kappa shape index (κ2) is 9.93. The molecule has 7 nitrogen and oxygen atoms in total. The monoisotopic (exact) mass is 396 g/mol. The smallest absolute Gasteiger partial charge is 0.321 e. The van der Waals surface area contributed by atoms with E-state index in [4.69, 9.17) is 4.74 Å². The Morgan fingerprint density at radius 2 is 1.72 bits per heavy atom. The highest BCUT2D eigenvalue weighted by Crippen LogP contribution is 2.25. The molecule has 0 saturated carbocycles. The number of benzene rings is 2.